The monoisotopic (exact) mass is 391 g/mol. The minimum absolute atomic E-state index is 0.168. The highest BCUT2D eigenvalue weighted by Crippen LogP contribution is 2.32. The van der Waals surface area contributed by atoms with Gasteiger partial charge in [-0.25, -0.2) is 4.90 Å². The standard InChI is InChI=1S/C21H21N5O3/c1-12-7-9-15(10-8-12)26-20(28)18-19(21(26)29)25(24-23-18)11-17(27)22-16-6-4-5-13(2)14(16)3/h4-10,18-19H,11H2,1-3H3,(H,22,27)/t18-,19+/m1/s1. The fraction of sp³-hybridized carbons (Fsp3) is 0.286. The number of rotatable bonds is 4. The molecule has 2 aliphatic rings. The number of nitrogens with zero attached hydrogens (tertiary/aromatic N) is 4. The molecule has 4 rings (SSSR count). The fourth-order valence-electron chi connectivity index (χ4n) is 3.53. The summed E-state index contributed by atoms with van der Waals surface area (Å²) in [4.78, 5) is 39.3. The molecule has 0 saturated carbocycles. The number of carbonyl (C=O) groups is 3. The largest absolute Gasteiger partial charge is 0.324 e. The van der Waals surface area contributed by atoms with E-state index in [1.54, 1.807) is 12.1 Å². The molecule has 2 aromatic carbocycles. The molecular formula is C21H21N5O3. The zero-order valence-corrected chi connectivity index (χ0v) is 16.4. The Morgan fingerprint density at radius 1 is 1.03 bits per heavy atom. The van der Waals surface area contributed by atoms with Crippen LogP contribution in [-0.2, 0) is 14.4 Å². The van der Waals surface area contributed by atoms with Gasteiger partial charge in [0, 0.05) is 5.69 Å². The predicted octanol–water partition coefficient (Wildman–Crippen LogP) is 2.54. The average molecular weight is 391 g/mol. The first-order valence-corrected chi connectivity index (χ1v) is 9.35. The first-order valence-electron chi connectivity index (χ1n) is 9.35. The lowest BCUT2D eigenvalue weighted by Crippen LogP contribution is -2.43. The van der Waals surface area contributed by atoms with Crippen molar-refractivity contribution in [1.82, 2.24) is 5.01 Å². The topological polar surface area (TPSA) is 94.4 Å². The van der Waals surface area contributed by atoms with Gasteiger partial charge in [-0.05, 0) is 50.1 Å². The van der Waals surface area contributed by atoms with Crippen molar-refractivity contribution in [1.29, 1.82) is 0 Å². The molecule has 2 atom stereocenters. The molecule has 1 N–H and O–H groups in total. The Balaban J connectivity index is 1.49. The average Bonchev–Trinajstić information content (AvgIpc) is 3.20. The molecule has 3 amide bonds. The van der Waals surface area contributed by atoms with Gasteiger partial charge >= 0.3 is 0 Å². The molecule has 8 nitrogen and oxygen atoms in total. The lowest BCUT2D eigenvalue weighted by molar-refractivity contribution is -0.123. The van der Waals surface area contributed by atoms with Gasteiger partial charge in [0.25, 0.3) is 11.8 Å². The molecule has 0 radical (unpaired) electrons. The Hall–Kier alpha value is -3.55. The van der Waals surface area contributed by atoms with Gasteiger partial charge < -0.3 is 5.32 Å². The van der Waals surface area contributed by atoms with Crippen molar-refractivity contribution in [2.45, 2.75) is 32.9 Å². The normalized spacial score (nSPS) is 20.4. The van der Waals surface area contributed by atoms with Gasteiger partial charge in [-0.1, -0.05) is 35.1 Å². The van der Waals surface area contributed by atoms with Crippen molar-refractivity contribution in [2.75, 3.05) is 16.8 Å². The maximum atomic E-state index is 12.9. The predicted molar refractivity (Wildman–Crippen MR) is 107 cm³/mol. The van der Waals surface area contributed by atoms with E-state index in [-0.39, 0.29) is 12.5 Å². The lowest BCUT2D eigenvalue weighted by Gasteiger charge is -2.20. The molecule has 2 aromatic rings. The summed E-state index contributed by atoms with van der Waals surface area (Å²) in [6, 6.07) is 10.9. The van der Waals surface area contributed by atoms with Crippen LogP contribution >= 0.6 is 0 Å². The summed E-state index contributed by atoms with van der Waals surface area (Å²) in [6.45, 7) is 5.65. The van der Waals surface area contributed by atoms with Crippen LogP contribution in [0.4, 0.5) is 11.4 Å². The number of carbonyl (C=O) groups excluding carboxylic acids is 3. The molecule has 2 heterocycles. The first kappa shape index (κ1) is 18.8. The van der Waals surface area contributed by atoms with Crippen LogP contribution < -0.4 is 10.2 Å². The zero-order chi connectivity index (χ0) is 20.7. The van der Waals surface area contributed by atoms with Crippen LogP contribution in [0.2, 0.25) is 0 Å². The van der Waals surface area contributed by atoms with Crippen molar-refractivity contribution in [2.24, 2.45) is 10.3 Å². The van der Waals surface area contributed by atoms with Gasteiger partial charge in [-0.3, -0.25) is 19.4 Å². The van der Waals surface area contributed by atoms with Gasteiger partial charge in [0.1, 0.15) is 6.54 Å². The third kappa shape index (κ3) is 3.26. The van der Waals surface area contributed by atoms with Crippen LogP contribution in [0.5, 0.6) is 0 Å². The number of fused-ring (bicyclic) bond motifs is 1. The summed E-state index contributed by atoms with van der Waals surface area (Å²) in [5, 5.41) is 12.0. The molecule has 0 aliphatic carbocycles. The van der Waals surface area contributed by atoms with Crippen LogP contribution in [0.3, 0.4) is 0 Å². The highest BCUT2D eigenvalue weighted by molar-refractivity contribution is 6.25. The van der Waals surface area contributed by atoms with Crippen molar-refractivity contribution in [3.8, 4) is 0 Å². The zero-order valence-electron chi connectivity index (χ0n) is 16.4. The molecule has 2 aliphatic heterocycles. The molecule has 0 aromatic heterocycles. The Morgan fingerprint density at radius 2 is 1.76 bits per heavy atom. The number of benzene rings is 2. The molecule has 148 valence electrons. The van der Waals surface area contributed by atoms with Gasteiger partial charge in [0.15, 0.2) is 12.1 Å². The number of nitrogens with one attached hydrogen (secondary N) is 1. The van der Waals surface area contributed by atoms with E-state index >= 15 is 0 Å². The molecule has 0 unspecified atom stereocenters. The van der Waals surface area contributed by atoms with E-state index in [2.05, 4.69) is 15.7 Å². The third-order valence-electron chi connectivity index (χ3n) is 5.33. The minimum Gasteiger partial charge on any atom is -0.324 e. The highest BCUT2D eigenvalue weighted by atomic mass is 16.2. The SMILES string of the molecule is Cc1ccc(N2C(=O)[C@@H]3[C@@H](N=NN3CC(=O)Nc3cccc(C)c3C)C2=O)cc1. The smallest absolute Gasteiger partial charge is 0.263 e. The van der Waals surface area contributed by atoms with E-state index < -0.39 is 23.9 Å². The Kier molecular flexibility index (Phi) is 4.62. The van der Waals surface area contributed by atoms with E-state index in [4.69, 9.17) is 0 Å². The Bertz CT molecular complexity index is 1030. The van der Waals surface area contributed by atoms with Gasteiger partial charge in [0.05, 0.1) is 5.69 Å². The summed E-state index contributed by atoms with van der Waals surface area (Å²) < 4.78 is 0. The van der Waals surface area contributed by atoms with Crippen LogP contribution in [-0.4, -0.2) is 41.4 Å². The molecule has 8 heteroatoms. The van der Waals surface area contributed by atoms with Gasteiger partial charge in [-0.2, -0.15) is 5.11 Å². The van der Waals surface area contributed by atoms with Crippen LogP contribution in [0.25, 0.3) is 0 Å². The number of amides is 3. The highest BCUT2D eigenvalue weighted by Gasteiger charge is 2.55. The van der Waals surface area contributed by atoms with Crippen LogP contribution in [0.1, 0.15) is 16.7 Å². The van der Waals surface area contributed by atoms with E-state index in [1.165, 1.54) is 5.01 Å². The number of hydrogen-bond acceptors (Lipinski definition) is 6. The van der Waals surface area contributed by atoms with E-state index in [0.717, 1.165) is 21.6 Å². The summed E-state index contributed by atoms with van der Waals surface area (Å²) in [6.07, 6.45) is 0. The molecule has 1 saturated heterocycles. The summed E-state index contributed by atoms with van der Waals surface area (Å²) in [5.74, 6) is -1.18. The van der Waals surface area contributed by atoms with Crippen molar-refractivity contribution in [3.63, 3.8) is 0 Å². The fourth-order valence-corrected chi connectivity index (χ4v) is 3.53. The Morgan fingerprint density at radius 3 is 2.48 bits per heavy atom. The first-order chi connectivity index (χ1) is 13.9. The van der Waals surface area contributed by atoms with E-state index in [1.807, 2.05) is 51.1 Å². The second kappa shape index (κ2) is 7.12. The van der Waals surface area contributed by atoms with E-state index in [9.17, 15) is 14.4 Å². The van der Waals surface area contributed by atoms with Gasteiger partial charge in [-0.15, -0.1) is 0 Å². The molecule has 29 heavy (non-hydrogen) atoms. The lowest BCUT2D eigenvalue weighted by atomic mass is 10.1. The van der Waals surface area contributed by atoms with Crippen molar-refractivity contribution in [3.05, 3.63) is 59.2 Å². The number of hydrogen-bond donors (Lipinski definition) is 1. The molecular weight excluding hydrogens is 370 g/mol. The van der Waals surface area contributed by atoms with Crippen LogP contribution in [0, 0.1) is 20.8 Å². The minimum atomic E-state index is -0.919. The number of anilines is 2. The van der Waals surface area contributed by atoms with E-state index in [0.29, 0.717) is 11.4 Å². The van der Waals surface area contributed by atoms with Crippen molar-refractivity contribution < 1.29 is 14.4 Å². The quantitative estimate of drug-likeness (QED) is 0.811. The summed E-state index contributed by atoms with van der Waals surface area (Å²) in [5.41, 5.74) is 4.26. The second-order valence-corrected chi connectivity index (χ2v) is 7.34. The van der Waals surface area contributed by atoms with Crippen LogP contribution in [0.15, 0.2) is 52.8 Å². The number of imide groups is 1. The molecule has 0 spiro atoms. The maximum Gasteiger partial charge on any atom is 0.263 e. The molecule has 1 fully saturated rings. The van der Waals surface area contributed by atoms with Gasteiger partial charge in [0.2, 0.25) is 5.91 Å². The third-order valence-corrected chi connectivity index (χ3v) is 5.33. The maximum absolute atomic E-state index is 12.9. The number of aryl methyl sites for hydroxylation is 2. The summed E-state index contributed by atoms with van der Waals surface area (Å²) in [7, 11) is 0. The second-order valence-electron chi connectivity index (χ2n) is 7.34. The molecule has 0 bridgehead atoms. The summed E-state index contributed by atoms with van der Waals surface area (Å²) >= 11 is 0. The Labute approximate surface area is 168 Å². The van der Waals surface area contributed by atoms with Crippen molar-refractivity contribution >= 4 is 29.1 Å².